The van der Waals surface area contributed by atoms with Crippen molar-refractivity contribution < 1.29 is 4.79 Å². The van der Waals surface area contributed by atoms with Gasteiger partial charge >= 0.3 is 0 Å². The Labute approximate surface area is 107 Å². The molecule has 96 valence electrons. The van der Waals surface area contributed by atoms with Gasteiger partial charge in [-0.2, -0.15) is 5.26 Å². The zero-order valence-electron chi connectivity index (χ0n) is 10.7. The van der Waals surface area contributed by atoms with E-state index in [0.29, 0.717) is 24.3 Å². The Morgan fingerprint density at radius 1 is 1.50 bits per heavy atom. The first-order valence-corrected chi connectivity index (χ1v) is 5.93. The number of amides is 1. The smallest absolute Gasteiger partial charge is 0.239 e. The van der Waals surface area contributed by atoms with Gasteiger partial charge in [0.05, 0.1) is 29.6 Å². The Hall–Kier alpha value is -2.22. The predicted molar refractivity (Wildman–Crippen MR) is 72.1 cm³/mol. The highest BCUT2D eigenvalue weighted by molar-refractivity contribution is 5.83. The van der Waals surface area contributed by atoms with Gasteiger partial charge in [0.2, 0.25) is 5.91 Å². The molecule has 1 amide bonds. The predicted octanol–water partition coefficient (Wildman–Crippen LogP) is 1.10. The summed E-state index contributed by atoms with van der Waals surface area (Å²) in [6.07, 6.45) is 0. The third kappa shape index (κ3) is 3.39. The average Bonchev–Trinajstić information content (AvgIpc) is 2.36. The van der Waals surface area contributed by atoms with Crippen LogP contribution in [0, 0.1) is 11.3 Å². The SMILES string of the molecule is CCNC(=O)CN(CC)c1ccc(C#N)cc1N. The van der Waals surface area contributed by atoms with Gasteiger partial charge in [-0.1, -0.05) is 0 Å². The summed E-state index contributed by atoms with van der Waals surface area (Å²) in [6, 6.07) is 7.13. The summed E-state index contributed by atoms with van der Waals surface area (Å²) in [5.41, 5.74) is 7.71. The first-order valence-electron chi connectivity index (χ1n) is 5.93. The van der Waals surface area contributed by atoms with Crippen LogP contribution in [0.3, 0.4) is 0 Å². The largest absolute Gasteiger partial charge is 0.397 e. The molecule has 0 fully saturated rings. The summed E-state index contributed by atoms with van der Waals surface area (Å²) in [7, 11) is 0. The van der Waals surface area contributed by atoms with Crippen molar-refractivity contribution in [2.75, 3.05) is 30.3 Å². The average molecular weight is 246 g/mol. The Morgan fingerprint density at radius 3 is 2.72 bits per heavy atom. The highest BCUT2D eigenvalue weighted by Crippen LogP contribution is 2.23. The quantitative estimate of drug-likeness (QED) is 0.762. The van der Waals surface area contributed by atoms with Crippen molar-refractivity contribution in [1.29, 1.82) is 5.26 Å². The number of nitrogens with two attached hydrogens (primary N) is 1. The summed E-state index contributed by atoms with van der Waals surface area (Å²) in [6.45, 7) is 5.38. The normalized spacial score (nSPS) is 9.61. The molecule has 0 spiro atoms. The molecule has 1 rings (SSSR count). The molecular weight excluding hydrogens is 228 g/mol. The summed E-state index contributed by atoms with van der Waals surface area (Å²) >= 11 is 0. The molecule has 0 saturated carbocycles. The third-order valence-electron chi connectivity index (χ3n) is 2.59. The van der Waals surface area contributed by atoms with Gasteiger partial charge in [-0.3, -0.25) is 4.79 Å². The van der Waals surface area contributed by atoms with Gasteiger partial charge < -0.3 is 16.0 Å². The van der Waals surface area contributed by atoms with Crippen molar-refractivity contribution in [2.45, 2.75) is 13.8 Å². The van der Waals surface area contributed by atoms with Crippen molar-refractivity contribution in [2.24, 2.45) is 0 Å². The van der Waals surface area contributed by atoms with Gasteiger partial charge in [-0.05, 0) is 32.0 Å². The van der Waals surface area contributed by atoms with E-state index in [4.69, 9.17) is 11.0 Å². The first kappa shape index (κ1) is 13.8. The van der Waals surface area contributed by atoms with Gasteiger partial charge in [0.1, 0.15) is 0 Å². The van der Waals surface area contributed by atoms with Crippen molar-refractivity contribution in [3.05, 3.63) is 23.8 Å². The van der Waals surface area contributed by atoms with Crippen LogP contribution >= 0.6 is 0 Å². The Kier molecular flexibility index (Phi) is 5.00. The maximum Gasteiger partial charge on any atom is 0.239 e. The van der Waals surface area contributed by atoms with Crippen LogP contribution in [-0.2, 0) is 4.79 Å². The molecule has 0 atom stereocenters. The Morgan fingerprint density at radius 2 is 2.22 bits per heavy atom. The number of likely N-dealkylation sites (N-methyl/N-ethyl adjacent to an activating group) is 2. The topological polar surface area (TPSA) is 82.2 Å². The number of hydrogen-bond donors (Lipinski definition) is 2. The van der Waals surface area contributed by atoms with Crippen LogP contribution in [-0.4, -0.2) is 25.5 Å². The molecule has 0 heterocycles. The number of benzene rings is 1. The number of hydrogen-bond acceptors (Lipinski definition) is 4. The Bertz CT molecular complexity index is 465. The minimum Gasteiger partial charge on any atom is -0.397 e. The van der Waals surface area contributed by atoms with Crippen LogP contribution in [0.5, 0.6) is 0 Å². The van der Waals surface area contributed by atoms with Crippen molar-refractivity contribution in [1.82, 2.24) is 5.32 Å². The van der Waals surface area contributed by atoms with E-state index in [9.17, 15) is 4.79 Å². The van der Waals surface area contributed by atoms with Crippen molar-refractivity contribution >= 4 is 17.3 Å². The standard InChI is InChI=1S/C13H18N4O/c1-3-16-13(18)9-17(4-2)12-6-5-10(8-14)7-11(12)15/h5-7H,3-4,9,15H2,1-2H3,(H,16,18). The van der Waals surface area contributed by atoms with Gasteiger partial charge in [0, 0.05) is 13.1 Å². The molecule has 1 aromatic carbocycles. The fraction of sp³-hybridized carbons (Fsp3) is 0.385. The molecule has 0 unspecified atom stereocenters. The fourth-order valence-corrected chi connectivity index (χ4v) is 1.71. The van der Waals surface area contributed by atoms with Gasteiger partial charge in [0.15, 0.2) is 0 Å². The van der Waals surface area contributed by atoms with E-state index >= 15 is 0 Å². The second kappa shape index (κ2) is 6.50. The van der Waals surface area contributed by atoms with E-state index in [1.165, 1.54) is 0 Å². The van der Waals surface area contributed by atoms with Crippen LogP contribution < -0.4 is 16.0 Å². The molecule has 1 aromatic rings. The number of nitrogens with zero attached hydrogens (tertiary/aromatic N) is 2. The number of carbonyl (C=O) groups excluding carboxylic acids is 1. The van der Waals surface area contributed by atoms with E-state index in [-0.39, 0.29) is 12.5 Å². The molecule has 0 aromatic heterocycles. The summed E-state index contributed by atoms with van der Waals surface area (Å²) < 4.78 is 0. The van der Waals surface area contributed by atoms with Gasteiger partial charge in [0.25, 0.3) is 0 Å². The summed E-state index contributed by atoms with van der Waals surface area (Å²) in [5, 5.41) is 11.5. The van der Waals surface area contributed by atoms with Gasteiger partial charge in [-0.25, -0.2) is 0 Å². The Balaban J connectivity index is 2.89. The highest BCUT2D eigenvalue weighted by Gasteiger charge is 2.12. The van der Waals surface area contributed by atoms with E-state index in [0.717, 1.165) is 5.69 Å². The van der Waals surface area contributed by atoms with Crippen LogP contribution in [0.2, 0.25) is 0 Å². The lowest BCUT2D eigenvalue weighted by molar-refractivity contribution is -0.119. The van der Waals surface area contributed by atoms with Crippen molar-refractivity contribution in [3.63, 3.8) is 0 Å². The lowest BCUT2D eigenvalue weighted by Gasteiger charge is -2.23. The fourth-order valence-electron chi connectivity index (χ4n) is 1.71. The lowest BCUT2D eigenvalue weighted by atomic mass is 10.1. The van der Waals surface area contributed by atoms with Crippen LogP contribution in [0.4, 0.5) is 11.4 Å². The molecule has 5 heteroatoms. The molecule has 0 bridgehead atoms. The minimum atomic E-state index is -0.0388. The van der Waals surface area contributed by atoms with Crippen LogP contribution in [0.15, 0.2) is 18.2 Å². The second-order valence-electron chi connectivity index (χ2n) is 3.85. The van der Waals surface area contributed by atoms with Crippen LogP contribution in [0.25, 0.3) is 0 Å². The number of nitrogens with one attached hydrogen (secondary N) is 1. The second-order valence-corrected chi connectivity index (χ2v) is 3.85. The molecule has 0 saturated heterocycles. The number of nitrogen functional groups attached to an aromatic ring is 1. The first-order chi connectivity index (χ1) is 8.62. The monoisotopic (exact) mass is 246 g/mol. The summed E-state index contributed by atoms with van der Waals surface area (Å²) in [4.78, 5) is 13.5. The van der Waals surface area contributed by atoms with E-state index in [1.54, 1.807) is 18.2 Å². The number of carbonyl (C=O) groups is 1. The molecule has 0 aliphatic carbocycles. The van der Waals surface area contributed by atoms with Crippen LogP contribution in [0.1, 0.15) is 19.4 Å². The molecule has 18 heavy (non-hydrogen) atoms. The number of anilines is 2. The minimum absolute atomic E-state index is 0.0388. The molecular formula is C13H18N4O. The highest BCUT2D eigenvalue weighted by atomic mass is 16.2. The molecule has 3 N–H and O–H groups in total. The number of nitriles is 1. The maximum absolute atomic E-state index is 11.6. The van der Waals surface area contributed by atoms with Crippen molar-refractivity contribution in [3.8, 4) is 6.07 Å². The zero-order valence-corrected chi connectivity index (χ0v) is 10.7. The van der Waals surface area contributed by atoms with E-state index in [2.05, 4.69) is 5.32 Å². The molecule has 0 aliphatic rings. The maximum atomic E-state index is 11.6. The molecule has 5 nitrogen and oxygen atoms in total. The molecule has 0 aliphatic heterocycles. The van der Waals surface area contributed by atoms with E-state index < -0.39 is 0 Å². The number of rotatable bonds is 5. The van der Waals surface area contributed by atoms with E-state index in [1.807, 2.05) is 24.8 Å². The lowest BCUT2D eigenvalue weighted by Crippen LogP contribution is -2.37. The summed E-state index contributed by atoms with van der Waals surface area (Å²) in [5.74, 6) is -0.0388. The zero-order chi connectivity index (χ0) is 13.5. The van der Waals surface area contributed by atoms with Gasteiger partial charge in [-0.15, -0.1) is 0 Å². The third-order valence-corrected chi connectivity index (χ3v) is 2.59. The molecule has 0 radical (unpaired) electrons.